The quantitative estimate of drug-likeness (QED) is 0.899. The Bertz CT molecular complexity index is 526. The van der Waals surface area contributed by atoms with Crippen LogP contribution >= 0.6 is 11.6 Å². The highest BCUT2D eigenvalue weighted by Crippen LogP contribution is 2.34. The van der Waals surface area contributed by atoms with Gasteiger partial charge < -0.3 is 20.0 Å². The van der Waals surface area contributed by atoms with Crippen molar-refractivity contribution in [2.24, 2.45) is 0 Å². The highest BCUT2D eigenvalue weighted by atomic mass is 35.5. The molecule has 1 aromatic rings. The molecule has 0 radical (unpaired) electrons. The summed E-state index contributed by atoms with van der Waals surface area (Å²) in [5, 5.41) is 20.5. The molecular formula is C15H21ClN2O3. The van der Waals surface area contributed by atoms with Gasteiger partial charge >= 0.3 is 6.09 Å². The first-order valence-corrected chi connectivity index (χ1v) is 7.33. The van der Waals surface area contributed by atoms with Crippen molar-refractivity contribution >= 4 is 17.7 Å². The number of aliphatic hydroxyl groups is 1. The molecule has 0 bridgehead atoms. The van der Waals surface area contributed by atoms with Gasteiger partial charge in [0.05, 0.1) is 5.60 Å². The van der Waals surface area contributed by atoms with Crippen LogP contribution in [0.2, 0.25) is 5.02 Å². The van der Waals surface area contributed by atoms with Gasteiger partial charge in [-0.15, -0.1) is 0 Å². The fraction of sp³-hybridized carbons (Fsp3) is 0.533. The molecule has 0 aliphatic carbocycles. The predicted octanol–water partition coefficient (Wildman–Crippen LogP) is 2.36. The van der Waals surface area contributed by atoms with E-state index in [2.05, 4.69) is 0 Å². The smallest absolute Gasteiger partial charge is 0.407 e. The SMILES string of the molecule is CN(C)Cc1cc(C2(O)CCN(C(=O)O)CC2)ccc1Cl. The number of halogens is 1. The first-order valence-electron chi connectivity index (χ1n) is 6.96. The number of carboxylic acid groups (broad SMARTS) is 1. The predicted molar refractivity (Wildman–Crippen MR) is 81.6 cm³/mol. The van der Waals surface area contributed by atoms with Gasteiger partial charge in [-0.2, -0.15) is 0 Å². The van der Waals surface area contributed by atoms with Gasteiger partial charge in [0.1, 0.15) is 0 Å². The molecule has 0 saturated carbocycles. The summed E-state index contributed by atoms with van der Waals surface area (Å²) >= 11 is 6.20. The van der Waals surface area contributed by atoms with Crippen LogP contribution in [0.4, 0.5) is 4.79 Å². The molecule has 1 aliphatic heterocycles. The molecule has 1 aliphatic rings. The molecule has 0 aromatic heterocycles. The fourth-order valence-corrected chi connectivity index (χ4v) is 2.86. The number of piperidine rings is 1. The maximum Gasteiger partial charge on any atom is 0.407 e. The molecule has 21 heavy (non-hydrogen) atoms. The molecule has 0 unspecified atom stereocenters. The molecule has 116 valence electrons. The molecule has 1 aromatic carbocycles. The molecule has 2 N–H and O–H groups in total. The normalized spacial score (nSPS) is 18.0. The minimum atomic E-state index is -0.975. The lowest BCUT2D eigenvalue weighted by molar-refractivity contribution is -0.0214. The van der Waals surface area contributed by atoms with E-state index in [-0.39, 0.29) is 0 Å². The number of benzene rings is 1. The Morgan fingerprint density at radius 2 is 2.00 bits per heavy atom. The van der Waals surface area contributed by atoms with Crippen LogP contribution in [-0.2, 0) is 12.1 Å². The van der Waals surface area contributed by atoms with Crippen molar-refractivity contribution in [1.82, 2.24) is 9.80 Å². The molecule has 0 spiro atoms. The number of nitrogens with zero attached hydrogens (tertiary/aromatic N) is 2. The minimum absolute atomic E-state index is 0.345. The van der Waals surface area contributed by atoms with Crippen molar-refractivity contribution in [2.75, 3.05) is 27.2 Å². The summed E-state index contributed by atoms with van der Waals surface area (Å²) in [4.78, 5) is 14.3. The fourth-order valence-electron chi connectivity index (χ4n) is 2.68. The molecule has 6 heteroatoms. The Balaban J connectivity index is 2.19. The lowest BCUT2D eigenvalue weighted by Crippen LogP contribution is -2.44. The van der Waals surface area contributed by atoms with E-state index in [1.165, 1.54) is 4.90 Å². The monoisotopic (exact) mass is 312 g/mol. The average Bonchev–Trinajstić information content (AvgIpc) is 2.41. The minimum Gasteiger partial charge on any atom is -0.465 e. The van der Waals surface area contributed by atoms with Crippen LogP contribution in [0.15, 0.2) is 18.2 Å². The van der Waals surface area contributed by atoms with E-state index in [9.17, 15) is 9.90 Å². The van der Waals surface area contributed by atoms with Gasteiger partial charge in [-0.3, -0.25) is 0 Å². The Kier molecular flexibility index (Phi) is 4.76. The van der Waals surface area contributed by atoms with Crippen LogP contribution in [0.25, 0.3) is 0 Å². The van der Waals surface area contributed by atoms with E-state index in [0.717, 1.165) is 11.1 Å². The summed E-state index contributed by atoms with van der Waals surface area (Å²) in [5.74, 6) is 0. The highest BCUT2D eigenvalue weighted by Gasteiger charge is 2.35. The third kappa shape index (κ3) is 3.67. The molecule has 5 nitrogen and oxygen atoms in total. The first-order chi connectivity index (χ1) is 9.82. The second-order valence-corrected chi connectivity index (χ2v) is 6.25. The number of rotatable bonds is 3. The van der Waals surface area contributed by atoms with Gasteiger partial charge in [0.25, 0.3) is 0 Å². The van der Waals surface area contributed by atoms with Crippen molar-refractivity contribution in [3.8, 4) is 0 Å². The van der Waals surface area contributed by atoms with E-state index in [1.54, 1.807) is 6.07 Å². The van der Waals surface area contributed by atoms with Crippen LogP contribution < -0.4 is 0 Å². The zero-order chi connectivity index (χ0) is 15.6. The summed E-state index contributed by atoms with van der Waals surface area (Å²) in [5.41, 5.74) is 0.805. The van der Waals surface area contributed by atoms with Crippen LogP contribution in [0, 0.1) is 0 Å². The number of likely N-dealkylation sites (tertiary alicyclic amines) is 1. The van der Waals surface area contributed by atoms with Crippen molar-refractivity contribution in [3.63, 3.8) is 0 Å². The Morgan fingerprint density at radius 1 is 1.38 bits per heavy atom. The largest absolute Gasteiger partial charge is 0.465 e. The lowest BCUT2D eigenvalue weighted by atomic mass is 9.84. The van der Waals surface area contributed by atoms with Gasteiger partial charge in [-0.25, -0.2) is 4.79 Å². The highest BCUT2D eigenvalue weighted by molar-refractivity contribution is 6.31. The average molecular weight is 313 g/mol. The van der Waals surface area contributed by atoms with Gasteiger partial charge in [-0.05, 0) is 44.1 Å². The van der Waals surface area contributed by atoms with E-state index >= 15 is 0 Å². The third-order valence-electron chi connectivity index (χ3n) is 3.93. The molecule has 1 fully saturated rings. The Hall–Kier alpha value is -1.30. The second kappa shape index (κ2) is 6.22. The molecular weight excluding hydrogens is 292 g/mol. The van der Waals surface area contributed by atoms with Gasteiger partial charge in [-0.1, -0.05) is 23.7 Å². The summed E-state index contributed by atoms with van der Waals surface area (Å²) in [6.07, 6.45) is -0.119. The maximum atomic E-state index is 10.9. The van der Waals surface area contributed by atoms with E-state index < -0.39 is 11.7 Å². The molecule has 1 heterocycles. The first kappa shape index (κ1) is 16.1. The topological polar surface area (TPSA) is 64.0 Å². The Labute approximate surface area is 129 Å². The maximum absolute atomic E-state index is 10.9. The third-order valence-corrected chi connectivity index (χ3v) is 4.30. The van der Waals surface area contributed by atoms with Crippen LogP contribution in [0.5, 0.6) is 0 Å². The number of carbonyl (C=O) groups is 1. The molecule has 1 amide bonds. The van der Waals surface area contributed by atoms with Crippen molar-refractivity contribution in [2.45, 2.75) is 25.0 Å². The summed E-state index contributed by atoms with van der Waals surface area (Å²) in [6, 6.07) is 5.56. The lowest BCUT2D eigenvalue weighted by Gasteiger charge is -2.37. The van der Waals surface area contributed by atoms with E-state index in [0.29, 0.717) is 37.5 Å². The molecule has 0 atom stereocenters. The zero-order valence-corrected chi connectivity index (χ0v) is 13.1. The van der Waals surface area contributed by atoms with Crippen LogP contribution in [0.3, 0.4) is 0 Å². The number of amides is 1. The van der Waals surface area contributed by atoms with Gasteiger partial charge in [0.2, 0.25) is 0 Å². The van der Waals surface area contributed by atoms with E-state index in [4.69, 9.17) is 16.7 Å². The van der Waals surface area contributed by atoms with Gasteiger partial charge in [0, 0.05) is 24.7 Å². The zero-order valence-electron chi connectivity index (χ0n) is 12.3. The Morgan fingerprint density at radius 3 is 2.52 bits per heavy atom. The van der Waals surface area contributed by atoms with Crippen LogP contribution in [-0.4, -0.2) is 53.3 Å². The van der Waals surface area contributed by atoms with E-state index in [1.807, 2.05) is 31.1 Å². The molecule has 2 rings (SSSR count). The standard InChI is InChI=1S/C15H21ClN2O3/c1-17(2)10-11-9-12(3-4-13(11)16)15(21)5-7-18(8-6-15)14(19)20/h3-4,9,21H,5-8,10H2,1-2H3,(H,19,20). The second-order valence-electron chi connectivity index (χ2n) is 5.85. The number of hydrogen-bond acceptors (Lipinski definition) is 3. The van der Waals surface area contributed by atoms with Crippen molar-refractivity contribution in [1.29, 1.82) is 0 Å². The summed E-state index contributed by atoms with van der Waals surface area (Å²) in [6.45, 7) is 1.39. The van der Waals surface area contributed by atoms with Crippen molar-refractivity contribution in [3.05, 3.63) is 34.3 Å². The summed E-state index contributed by atoms with van der Waals surface area (Å²) in [7, 11) is 3.92. The number of hydrogen-bond donors (Lipinski definition) is 2. The van der Waals surface area contributed by atoms with Gasteiger partial charge in [0.15, 0.2) is 0 Å². The molecule has 1 saturated heterocycles. The van der Waals surface area contributed by atoms with Crippen LogP contribution in [0.1, 0.15) is 24.0 Å². The van der Waals surface area contributed by atoms with Crippen molar-refractivity contribution < 1.29 is 15.0 Å². The summed E-state index contributed by atoms with van der Waals surface area (Å²) < 4.78 is 0.